The lowest BCUT2D eigenvalue weighted by atomic mass is 10.1. The molecule has 1 saturated carbocycles. The summed E-state index contributed by atoms with van der Waals surface area (Å²) in [6.45, 7) is 5.11. The fourth-order valence-electron chi connectivity index (χ4n) is 1.78. The van der Waals surface area contributed by atoms with E-state index in [1.165, 1.54) is 0 Å². The first kappa shape index (κ1) is 12.8. The molecule has 1 rings (SSSR count). The summed E-state index contributed by atoms with van der Waals surface area (Å²) in [5.41, 5.74) is 0. The Bertz CT molecular complexity index is 260. The number of amides is 2. The maximum absolute atomic E-state index is 11.8. The second-order valence-electron chi connectivity index (χ2n) is 4.16. The molecule has 2 amide bonds. The molecule has 1 aliphatic rings. The third-order valence-electron chi connectivity index (χ3n) is 2.95. The third kappa shape index (κ3) is 3.72. The molecule has 0 aromatic carbocycles. The van der Waals surface area contributed by atoms with Crippen LogP contribution in [0.25, 0.3) is 0 Å². The largest absolute Gasteiger partial charge is 0.481 e. The molecule has 0 aromatic rings. The molecule has 0 heterocycles. The molecule has 0 saturated heterocycles. The standard InChI is InChI=1S/C11H20N2O3/c1-3-13(4-2)11(16)12-9(7-10(14)15)8-5-6-8/h8-9H,3-7H2,1-2H3,(H,12,16)(H,14,15). The molecule has 92 valence electrons. The summed E-state index contributed by atoms with van der Waals surface area (Å²) in [4.78, 5) is 24.1. The lowest BCUT2D eigenvalue weighted by Crippen LogP contribution is -2.46. The maximum atomic E-state index is 11.8. The Morgan fingerprint density at radius 2 is 1.94 bits per heavy atom. The monoisotopic (exact) mass is 228 g/mol. The van der Waals surface area contributed by atoms with Crippen LogP contribution in [-0.2, 0) is 4.79 Å². The number of carboxylic acid groups (broad SMARTS) is 1. The minimum absolute atomic E-state index is 0.0255. The average Bonchev–Trinajstić information content (AvgIpc) is 3.01. The summed E-state index contributed by atoms with van der Waals surface area (Å²) < 4.78 is 0. The van der Waals surface area contributed by atoms with E-state index >= 15 is 0 Å². The average molecular weight is 228 g/mol. The minimum atomic E-state index is -0.850. The number of nitrogens with zero attached hydrogens (tertiary/aromatic N) is 1. The summed E-state index contributed by atoms with van der Waals surface area (Å²) in [6.07, 6.45) is 2.07. The van der Waals surface area contributed by atoms with Gasteiger partial charge in [0.25, 0.3) is 0 Å². The second-order valence-corrected chi connectivity index (χ2v) is 4.16. The Morgan fingerprint density at radius 1 is 1.38 bits per heavy atom. The maximum Gasteiger partial charge on any atom is 0.317 e. The zero-order chi connectivity index (χ0) is 12.1. The van der Waals surface area contributed by atoms with Crippen LogP contribution in [0.1, 0.15) is 33.1 Å². The fourth-order valence-corrected chi connectivity index (χ4v) is 1.78. The van der Waals surface area contributed by atoms with Gasteiger partial charge in [0.2, 0.25) is 0 Å². The highest BCUT2D eigenvalue weighted by molar-refractivity contribution is 5.76. The molecule has 0 spiro atoms. The van der Waals surface area contributed by atoms with E-state index in [0.717, 1.165) is 12.8 Å². The Kier molecular flexibility index (Phi) is 4.58. The van der Waals surface area contributed by atoms with E-state index in [4.69, 9.17) is 5.11 Å². The Morgan fingerprint density at radius 3 is 2.31 bits per heavy atom. The number of carbonyl (C=O) groups excluding carboxylic acids is 1. The molecule has 2 N–H and O–H groups in total. The highest BCUT2D eigenvalue weighted by Crippen LogP contribution is 2.34. The number of aliphatic carboxylic acids is 1. The van der Waals surface area contributed by atoms with Crippen LogP contribution in [0.3, 0.4) is 0 Å². The lowest BCUT2D eigenvalue weighted by molar-refractivity contribution is -0.137. The van der Waals surface area contributed by atoms with Crippen molar-refractivity contribution in [2.75, 3.05) is 13.1 Å². The van der Waals surface area contributed by atoms with Gasteiger partial charge in [0.05, 0.1) is 6.42 Å². The first-order valence-corrected chi connectivity index (χ1v) is 5.85. The zero-order valence-electron chi connectivity index (χ0n) is 9.90. The number of rotatable bonds is 6. The smallest absolute Gasteiger partial charge is 0.317 e. The Labute approximate surface area is 95.8 Å². The molecular formula is C11H20N2O3. The van der Waals surface area contributed by atoms with Crippen molar-refractivity contribution in [3.05, 3.63) is 0 Å². The van der Waals surface area contributed by atoms with Gasteiger partial charge >= 0.3 is 12.0 Å². The van der Waals surface area contributed by atoms with E-state index in [2.05, 4.69) is 5.32 Å². The number of nitrogens with one attached hydrogen (secondary N) is 1. The van der Waals surface area contributed by atoms with Crippen molar-refractivity contribution in [2.45, 2.75) is 39.2 Å². The molecular weight excluding hydrogens is 208 g/mol. The van der Waals surface area contributed by atoms with Gasteiger partial charge in [-0.05, 0) is 32.6 Å². The van der Waals surface area contributed by atoms with E-state index in [-0.39, 0.29) is 18.5 Å². The molecule has 16 heavy (non-hydrogen) atoms. The van der Waals surface area contributed by atoms with Gasteiger partial charge in [-0.2, -0.15) is 0 Å². The van der Waals surface area contributed by atoms with Crippen LogP contribution in [0.4, 0.5) is 4.79 Å². The predicted octanol–water partition coefficient (Wildman–Crippen LogP) is 1.29. The van der Waals surface area contributed by atoms with Gasteiger partial charge in [-0.1, -0.05) is 0 Å². The van der Waals surface area contributed by atoms with Gasteiger partial charge in [-0.25, -0.2) is 4.79 Å². The minimum Gasteiger partial charge on any atom is -0.481 e. The van der Waals surface area contributed by atoms with E-state index in [1.807, 2.05) is 13.8 Å². The summed E-state index contributed by atoms with van der Waals surface area (Å²) in [5.74, 6) is -0.493. The fraction of sp³-hybridized carbons (Fsp3) is 0.818. The molecule has 0 radical (unpaired) electrons. The van der Waals surface area contributed by atoms with Crippen LogP contribution in [0, 0.1) is 5.92 Å². The third-order valence-corrected chi connectivity index (χ3v) is 2.95. The van der Waals surface area contributed by atoms with Crippen molar-refractivity contribution in [1.82, 2.24) is 10.2 Å². The topological polar surface area (TPSA) is 69.6 Å². The van der Waals surface area contributed by atoms with Gasteiger partial charge in [0.1, 0.15) is 0 Å². The molecule has 1 atom stereocenters. The van der Waals surface area contributed by atoms with Crippen LogP contribution in [0.5, 0.6) is 0 Å². The van der Waals surface area contributed by atoms with Gasteiger partial charge < -0.3 is 15.3 Å². The molecule has 5 heteroatoms. The number of urea groups is 1. The predicted molar refractivity (Wildman–Crippen MR) is 60.2 cm³/mol. The van der Waals surface area contributed by atoms with Gasteiger partial charge in [0.15, 0.2) is 0 Å². The van der Waals surface area contributed by atoms with Gasteiger partial charge in [-0.3, -0.25) is 4.79 Å². The number of hydrogen-bond acceptors (Lipinski definition) is 2. The number of hydrogen-bond donors (Lipinski definition) is 2. The quantitative estimate of drug-likeness (QED) is 0.719. The molecule has 1 aliphatic carbocycles. The van der Waals surface area contributed by atoms with Crippen molar-refractivity contribution in [3.8, 4) is 0 Å². The van der Waals surface area contributed by atoms with Crippen molar-refractivity contribution in [3.63, 3.8) is 0 Å². The SMILES string of the molecule is CCN(CC)C(=O)NC(CC(=O)O)C1CC1. The molecule has 0 aliphatic heterocycles. The first-order chi connectivity index (χ1) is 7.58. The lowest BCUT2D eigenvalue weighted by Gasteiger charge is -2.23. The van der Waals surface area contributed by atoms with Gasteiger partial charge in [-0.15, -0.1) is 0 Å². The van der Waals surface area contributed by atoms with Crippen molar-refractivity contribution < 1.29 is 14.7 Å². The number of carboxylic acids is 1. The van der Waals surface area contributed by atoms with Crippen molar-refractivity contribution in [2.24, 2.45) is 5.92 Å². The molecule has 0 bridgehead atoms. The zero-order valence-corrected chi connectivity index (χ0v) is 9.90. The van der Waals surface area contributed by atoms with Crippen LogP contribution in [-0.4, -0.2) is 41.1 Å². The van der Waals surface area contributed by atoms with Gasteiger partial charge in [0, 0.05) is 19.1 Å². The van der Waals surface area contributed by atoms with Crippen LogP contribution in [0.2, 0.25) is 0 Å². The van der Waals surface area contributed by atoms with Crippen LogP contribution < -0.4 is 5.32 Å². The van der Waals surface area contributed by atoms with E-state index < -0.39 is 5.97 Å². The molecule has 1 unspecified atom stereocenters. The highest BCUT2D eigenvalue weighted by Gasteiger charge is 2.34. The first-order valence-electron chi connectivity index (χ1n) is 5.85. The number of carbonyl (C=O) groups is 2. The molecule has 0 aromatic heterocycles. The van der Waals surface area contributed by atoms with Crippen molar-refractivity contribution in [1.29, 1.82) is 0 Å². The van der Waals surface area contributed by atoms with E-state index in [9.17, 15) is 9.59 Å². The van der Waals surface area contributed by atoms with Crippen molar-refractivity contribution >= 4 is 12.0 Å². The summed E-state index contributed by atoms with van der Waals surface area (Å²) in [7, 11) is 0. The van der Waals surface area contributed by atoms with E-state index in [1.54, 1.807) is 4.90 Å². The Balaban J connectivity index is 2.47. The molecule has 1 fully saturated rings. The normalized spacial score (nSPS) is 16.6. The van der Waals surface area contributed by atoms with Crippen LogP contribution in [0.15, 0.2) is 0 Å². The second kappa shape index (κ2) is 5.72. The van der Waals surface area contributed by atoms with E-state index in [0.29, 0.717) is 19.0 Å². The Hall–Kier alpha value is -1.26. The van der Waals surface area contributed by atoms with Crippen LogP contribution >= 0.6 is 0 Å². The summed E-state index contributed by atoms with van der Waals surface area (Å²) in [5, 5.41) is 11.6. The summed E-state index contributed by atoms with van der Waals surface area (Å²) >= 11 is 0. The summed E-state index contributed by atoms with van der Waals surface area (Å²) in [6, 6.07) is -0.353. The highest BCUT2D eigenvalue weighted by atomic mass is 16.4. The molecule has 5 nitrogen and oxygen atoms in total.